The molecule has 0 radical (unpaired) electrons. The number of nitriles is 1. The average molecular weight is 227 g/mol. The van der Waals surface area contributed by atoms with Crippen molar-refractivity contribution in [2.75, 3.05) is 0 Å². The predicted molar refractivity (Wildman–Crippen MR) is 60.1 cm³/mol. The summed E-state index contributed by atoms with van der Waals surface area (Å²) in [4.78, 5) is 10.4. The number of carbonyl (C=O) groups excluding carboxylic acids is 1. The Bertz CT molecular complexity index is 593. The fraction of sp³-hybridized carbons (Fsp3) is 0.0769. The number of carbonyl (C=O) groups is 1. The van der Waals surface area contributed by atoms with Gasteiger partial charge in [0.1, 0.15) is 5.75 Å². The van der Waals surface area contributed by atoms with E-state index in [4.69, 9.17) is 14.4 Å². The van der Waals surface area contributed by atoms with Crippen molar-refractivity contribution in [3.05, 3.63) is 47.2 Å². The van der Waals surface area contributed by atoms with E-state index in [1.165, 1.54) is 6.07 Å². The van der Waals surface area contributed by atoms with Crippen molar-refractivity contribution < 1.29 is 13.9 Å². The van der Waals surface area contributed by atoms with Crippen LogP contribution in [0.25, 0.3) is 0 Å². The summed E-state index contributed by atoms with van der Waals surface area (Å²) in [5.74, 6) is 0.968. The molecule has 0 spiro atoms. The second-order valence-electron chi connectivity index (χ2n) is 3.47. The molecule has 0 aliphatic heterocycles. The number of hydrogen-bond donors (Lipinski definition) is 0. The highest BCUT2D eigenvalue weighted by Gasteiger charge is 2.06. The van der Waals surface area contributed by atoms with Gasteiger partial charge in [-0.2, -0.15) is 5.26 Å². The Balaban J connectivity index is 2.29. The molecule has 0 saturated heterocycles. The molecule has 1 heterocycles. The Kier molecular flexibility index (Phi) is 2.93. The van der Waals surface area contributed by atoms with Crippen LogP contribution in [0.3, 0.4) is 0 Å². The molecule has 17 heavy (non-hydrogen) atoms. The summed E-state index contributed by atoms with van der Waals surface area (Å²) in [5, 5.41) is 8.79. The quantitative estimate of drug-likeness (QED) is 0.756. The first-order chi connectivity index (χ1) is 8.22. The minimum absolute atomic E-state index is 0.203. The molecule has 4 nitrogen and oxygen atoms in total. The fourth-order valence-corrected chi connectivity index (χ4v) is 1.34. The summed E-state index contributed by atoms with van der Waals surface area (Å²) in [7, 11) is 0. The summed E-state index contributed by atoms with van der Waals surface area (Å²) in [6.45, 7) is 1.86. The van der Waals surface area contributed by atoms with Gasteiger partial charge in [-0.05, 0) is 30.7 Å². The molecule has 1 aromatic carbocycles. The van der Waals surface area contributed by atoms with E-state index < -0.39 is 0 Å². The van der Waals surface area contributed by atoms with Crippen LogP contribution in [0.4, 0.5) is 0 Å². The second-order valence-corrected chi connectivity index (χ2v) is 3.47. The van der Waals surface area contributed by atoms with Crippen LogP contribution in [-0.4, -0.2) is 6.29 Å². The molecule has 2 aromatic rings. The summed E-state index contributed by atoms with van der Waals surface area (Å²) in [6, 6.07) is 10.2. The predicted octanol–water partition coefficient (Wildman–Crippen LogP) is 3.06. The van der Waals surface area contributed by atoms with Crippen molar-refractivity contribution in [1.29, 1.82) is 5.26 Å². The van der Waals surface area contributed by atoms with E-state index in [1.807, 2.05) is 13.0 Å². The Hall–Kier alpha value is -2.54. The molecule has 0 unspecified atom stereocenters. The van der Waals surface area contributed by atoms with Crippen LogP contribution in [0, 0.1) is 18.3 Å². The molecule has 0 aliphatic rings. The highest BCUT2D eigenvalue weighted by atomic mass is 16.6. The average Bonchev–Trinajstić information content (AvgIpc) is 2.80. The summed E-state index contributed by atoms with van der Waals surface area (Å²) in [6.07, 6.45) is 0.603. The molecule has 0 atom stereocenters. The highest BCUT2D eigenvalue weighted by Crippen LogP contribution is 2.27. The Labute approximate surface area is 98.0 Å². The molecule has 1 aromatic heterocycles. The second kappa shape index (κ2) is 4.54. The number of hydrogen-bond acceptors (Lipinski definition) is 4. The van der Waals surface area contributed by atoms with E-state index in [-0.39, 0.29) is 11.7 Å². The highest BCUT2D eigenvalue weighted by molar-refractivity contribution is 5.70. The lowest BCUT2D eigenvalue weighted by atomic mass is 10.1. The normalized spacial score (nSPS) is 9.65. The molecular weight excluding hydrogens is 218 g/mol. The van der Waals surface area contributed by atoms with Gasteiger partial charge < -0.3 is 9.15 Å². The van der Waals surface area contributed by atoms with Gasteiger partial charge in [0.25, 0.3) is 5.95 Å². The molecule has 0 N–H and O–H groups in total. The van der Waals surface area contributed by atoms with Crippen molar-refractivity contribution in [2.24, 2.45) is 0 Å². The van der Waals surface area contributed by atoms with E-state index in [1.54, 1.807) is 24.3 Å². The van der Waals surface area contributed by atoms with E-state index >= 15 is 0 Å². The minimum Gasteiger partial charge on any atom is -0.426 e. The molecule has 84 valence electrons. The van der Waals surface area contributed by atoms with Gasteiger partial charge in [-0.15, -0.1) is 0 Å². The van der Waals surface area contributed by atoms with Gasteiger partial charge in [0, 0.05) is 6.07 Å². The summed E-state index contributed by atoms with van der Waals surface area (Å²) >= 11 is 0. The van der Waals surface area contributed by atoms with E-state index in [0.29, 0.717) is 17.6 Å². The maximum atomic E-state index is 10.4. The topological polar surface area (TPSA) is 63.2 Å². The van der Waals surface area contributed by atoms with Gasteiger partial charge in [0.15, 0.2) is 12.0 Å². The molecule has 0 saturated carbocycles. The lowest BCUT2D eigenvalue weighted by Crippen LogP contribution is -1.87. The van der Waals surface area contributed by atoms with Crippen LogP contribution >= 0.6 is 0 Å². The molecule has 0 aliphatic carbocycles. The Morgan fingerprint density at radius 2 is 2.18 bits per heavy atom. The number of aryl methyl sites for hydroxylation is 1. The van der Waals surface area contributed by atoms with Crippen molar-refractivity contribution in [2.45, 2.75) is 6.92 Å². The van der Waals surface area contributed by atoms with Crippen LogP contribution in [0.2, 0.25) is 0 Å². The number of aldehydes is 1. The lowest BCUT2D eigenvalue weighted by molar-refractivity contribution is 0.109. The monoisotopic (exact) mass is 227 g/mol. The van der Waals surface area contributed by atoms with E-state index in [2.05, 4.69) is 0 Å². The SMILES string of the molecule is Cc1ccc(C#N)cc1Oc1ccc(C=O)o1. The Morgan fingerprint density at radius 1 is 1.35 bits per heavy atom. The molecule has 0 fully saturated rings. The smallest absolute Gasteiger partial charge is 0.290 e. The first kappa shape index (κ1) is 11.0. The van der Waals surface area contributed by atoms with Gasteiger partial charge in [0.2, 0.25) is 0 Å². The molecular formula is C13H9NO3. The summed E-state index contributed by atoms with van der Waals surface area (Å²) in [5.41, 5.74) is 1.39. The summed E-state index contributed by atoms with van der Waals surface area (Å²) < 4.78 is 10.5. The zero-order valence-corrected chi connectivity index (χ0v) is 9.14. The molecule has 0 bridgehead atoms. The molecule has 4 heteroatoms. The van der Waals surface area contributed by atoms with Crippen LogP contribution < -0.4 is 4.74 Å². The fourth-order valence-electron chi connectivity index (χ4n) is 1.34. The van der Waals surface area contributed by atoms with Crippen molar-refractivity contribution in [1.82, 2.24) is 0 Å². The first-order valence-corrected chi connectivity index (χ1v) is 4.96. The van der Waals surface area contributed by atoms with Crippen molar-refractivity contribution in [3.8, 4) is 17.8 Å². The third kappa shape index (κ3) is 2.34. The van der Waals surface area contributed by atoms with Gasteiger partial charge in [-0.25, -0.2) is 0 Å². The number of nitrogens with zero attached hydrogens (tertiary/aromatic N) is 1. The van der Waals surface area contributed by atoms with E-state index in [0.717, 1.165) is 5.56 Å². The zero-order chi connectivity index (χ0) is 12.3. The third-order valence-electron chi connectivity index (χ3n) is 2.25. The first-order valence-electron chi connectivity index (χ1n) is 4.96. The van der Waals surface area contributed by atoms with Gasteiger partial charge in [-0.1, -0.05) is 6.07 Å². The standard InChI is InChI=1S/C13H9NO3/c1-9-2-3-10(7-14)6-12(9)17-13-5-4-11(8-15)16-13/h2-6,8H,1H3. The number of ether oxygens (including phenoxy) is 1. The van der Waals surface area contributed by atoms with Crippen LogP contribution in [0.1, 0.15) is 21.7 Å². The van der Waals surface area contributed by atoms with Gasteiger partial charge in [-0.3, -0.25) is 4.79 Å². The number of rotatable bonds is 3. The number of furan rings is 1. The van der Waals surface area contributed by atoms with Crippen LogP contribution in [-0.2, 0) is 0 Å². The maximum absolute atomic E-state index is 10.4. The lowest BCUT2D eigenvalue weighted by Gasteiger charge is -2.05. The molecule has 0 amide bonds. The van der Waals surface area contributed by atoms with Crippen LogP contribution in [0.5, 0.6) is 11.7 Å². The largest absolute Gasteiger partial charge is 0.426 e. The minimum atomic E-state index is 0.203. The van der Waals surface area contributed by atoms with E-state index in [9.17, 15) is 4.79 Å². The third-order valence-corrected chi connectivity index (χ3v) is 2.25. The number of benzene rings is 1. The van der Waals surface area contributed by atoms with Crippen molar-refractivity contribution >= 4 is 6.29 Å². The van der Waals surface area contributed by atoms with Gasteiger partial charge in [0.05, 0.1) is 11.6 Å². The zero-order valence-electron chi connectivity index (χ0n) is 9.14. The Morgan fingerprint density at radius 3 is 2.82 bits per heavy atom. The maximum Gasteiger partial charge on any atom is 0.290 e. The van der Waals surface area contributed by atoms with Crippen molar-refractivity contribution in [3.63, 3.8) is 0 Å². The van der Waals surface area contributed by atoms with Crippen LogP contribution in [0.15, 0.2) is 34.7 Å². The molecule has 2 rings (SSSR count). The van der Waals surface area contributed by atoms with Gasteiger partial charge >= 0.3 is 0 Å².